The zero-order chi connectivity index (χ0) is 20.7. The summed E-state index contributed by atoms with van der Waals surface area (Å²) in [6, 6.07) is 4.06. The molecule has 156 valence electrons. The van der Waals surface area contributed by atoms with Crippen molar-refractivity contribution in [2.75, 3.05) is 24.2 Å². The summed E-state index contributed by atoms with van der Waals surface area (Å²) in [6.45, 7) is 1.75. The summed E-state index contributed by atoms with van der Waals surface area (Å²) in [6.07, 6.45) is 0.519. The lowest BCUT2D eigenvalue weighted by atomic mass is 10.1. The zero-order valence-electron chi connectivity index (χ0n) is 15.1. The molecule has 28 heavy (non-hydrogen) atoms. The minimum atomic E-state index is -5.08. The Labute approximate surface area is 170 Å². The number of benzene rings is 1. The molecule has 0 spiro atoms. The highest BCUT2D eigenvalue weighted by molar-refractivity contribution is 7.99. The minimum Gasteiger partial charge on any atom is -0.475 e. The Kier molecular flexibility index (Phi) is 8.30. The second kappa shape index (κ2) is 10.2. The molecular weight excluding hydrogens is 417 g/mol. The third-order valence-corrected chi connectivity index (χ3v) is 5.81. The van der Waals surface area contributed by atoms with Gasteiger partial charge in [0.1, 0.15) is 0 Å². The van der Waals surface area contributed by atoms with Crippen LogP contribution in [0.15, 0.2) is 17.0 Å². The van der Waals surface area contributed by atoms with Gasteiger partial charge in [0.05, 0.1) is 5.02 Å². The fraction of sp³-hybridized carbons (Fsp3) is 0.556. The Hall–Kier alpha value is -1.61. The van der Waals surface area contributed by atoms with Crippen LogP contribution in [0.5, 0.6) is 0 Å². The Morgan fingerprint density at radius 2 is 1.96 bits per heavy atom. The second-order valence-electron chi connectivity index (χ2n) is 6.50. The topological polar surface area (TPSA) is 78.4 Å². The van der Waals surface area contributed by atoms with Crippen LogP contribution in [0.1, 0.15) is 31.2 Å². The lowest BCUT2D eigenvalue weighted by Crippen LogP contribution is -2.26. The number of carbonyl (C=O) groups excluding carboxylic acids is 1. The molecule has 10 heteroatoms. The number of nitrogens with one attached hydrogen (secondary N) is 2. The van der Waals surface area contributed by atoms with Crippen molar-refractivity contribution in [3.8, 4) is 0 Å². The van der Waals surface area contributed by atoms with Crippen LogP contribution < -0.4 is 10.6 Å². The van der Waals surface area contributed by atoms with Gasteiger partial charge in [-0.2, -0.15) is 13.2 Å². The molecule has 0 atom stereocenters. The van der Waals surface area contributed by atoms with E-state index in [-0.39, 0.29) is 11.8 Å². The predicted octanol–water partition coefficient (Wildman–Crippen LogP) is 4.34. The van der Waals surface area contributed by atoms with Gasteiger partial charge in [0, 0.05) is 35.3 Å². The fourth-order valence-corrected chi connectivity index (χ4v) is 3.98. The van der Waals surface area contributed by atoms with Crippen molar-refractivity contribution >= 4 is 40.9 Å². The second-order valence-corrected chi connectivity index (χ2v) is 8.02. The molecule has 1 fully saturated rings. The first-order valence-electron chi connectivity index (χ1n) is 8.96. The molecule has 3 N–H and O–H groups in total. The summed E-state index contributed by atoms with van der Waals surface area (Å²) < 4.78 is 31.7. The third kappa shape index (κ3) is 7.09. The van der Waals surface area contributed by atoms with Crippen LogP contribution in [-0.2, 0) is 16.0 Å². The van der Waals surface area contributed by atoms with Gasteiger partial charge < -0.3 is 15.7 Å². The van der Waals surface area contributed by atoms with Crippen molar-refractivity contribution in [1.29, 1.82) is 0 Å². The van der Waals surface area contributed by atoms with Gasteiger partial charge in [0.2, 0.25) is 5.91 Å². The van der Waals surface area contributed by atoms with Crippen molar-refractivity contribution in [2.24, 2.45) is 5.92 Å². The molecule has 0 saturated heterocycles. The quantitative estimate of drug-likeness (QED) is 0.471. The third-order valence-electron chi connectivity index (χ3n) is 4.22. The van der Waals surface area contributed by atoms with Gasteiger partial charge in [0.15, 0.2) is 0 Å². The smallest absolute Gasteiger partial charge is 0.475 e. The number of anilines is 1. The molecule has 0 bridgehead atoms. The van der Waals surface area contributed by atoms with E-state index in [2.05, 4.69) is 16.7 Å². The first-order valence-corrected chi connectivity index (χ1v) is 10.3. The molecule has 3 rings (SSSR count). The number of carbonyl (C=O) groups is 2. The fourth-order valence-electron chi connectivity index (χ4n) is 2.64. The average Bonchev–Trinajstić information content (AvgIpc) is 3.46. The molecule has 1 saturated carbocycles. The van der Waals surface area contributed by atoms with E-state index >= 15 is 0 Å². The van der Waals surface area contributed by atoms with Gasteiger partial charge in [-0.3, -0.25) is 4.79 Å². The number of alkyl halides is 3. The maximum absolute atomic E-state index is 11.6. The highest BCUT2D eigenvalue weighted by Gasteiger charge is 2.38. The number of carboxylic acids is 1. The van der Waals surface area contributed by atoms with E-state index in [0.29, 0.717) is 6.54 Å². The molecule has 1 aliphatic carbocycles. The maximum atomic E-state index is 11.6. The van der Waals surface area contributed by atoms with E-state index in [0.717, 1.165) is 36.6 Å². The molecule has 0 unspecified atom stereocenters. The Balaban J connectivity index is 0.000000345. The molecule has 1 amide bonds. The van der Waals surface area contributed by atoms with Gasteiger partial charge in [0.25, 0.3) is 0 Å². The monoisotopic (exact) mass is 438 g/mol. The van der Waals surface area contributed by atoms with E-state index in [1.807, 2.05) is 6.07 Å². The van der Waals surface area contributed by atoms with Crippen LogP contribution in [0, 0.1) is 5.92 Å². The van der Waals surface area contributed by atoms with Crippen LogP contribution in [0.4, 0.5) is 18.9 Å². The van der Waals surface area contributed by atoms with Gasteiger partial charge in [-0.05, 0) is 49.8 Å². The number of hydrogen-bond acceptors (Lipinski definition) is 4. The lowest BCUT2D eigenvalue weighted by molar-refractivity contribution is -0.192. The molecule has 5 nitrogen and oxygen atoms in total. The first kappa shape index (κ1) is 22.7. The minimum absolute atomic E-state index is 0.218. The van der Waals surface area contributed by atoms with Gasteiger partial charge in [-0.25, -0.2) is 4.79 Å². The summed E-state index contributed by atoms with van der Waals surface area (Å²) in [5, 5.41) is 14.4. The Bertz CT molecular complexity index is 712. The lowest BCUT2D eigenvalue weighted by Gasteiger charge is -2.14. The molecule has 1 aliphatic heterocycles. The van der Waals surface area contributed by atoms with Crippen molar-refractivity contribution < 1.29 is 27.9 Å². The summed E-state index contributed by atoms with van der Waals surface area (Å²) >= 11 is 8.14. The molecule has 2 aliphatic rings. The molecular formula is C18H22ClF3N2O3S. The Morgan fingerprint density at radius 1 is 1.29 bits per heavy atom. The van der Waals surface area contributed by atoms with Crippen molar-refractivity contribution in [3.05, 3.63) is 22.7 Å². The number of rotatable bonds is 5. The Morgan fingerprint density at radius 3 is 2.57 bits per heavy atom. The number of thioether (sulfide) groups is 1. The van der Waals surface area contributed by atoms with E-state index < -0.39 is 12.1 Å². The molecule has 1 heterocycles. The van der Waals surface area contributed by atoms with Crippen molar-refractivity contribution in [2.45, 2.75) is 43.2 Å². The first-order chi connectivity index (χ1) is 13.2. The van der Waals surface area contributed by atoms with E-state index in [4.69, 9.17) is 21.5 Å². The number of carboxylic acid groups (broad SMARTS) is 1. The molecule has 1 aromatic carbocycles. The molecule has 0 radical (unpaired) electrons. The van der Waals surface area contributed by atoms with E-state index in [1.54, 1.807) is 11.8 Å². The summed E-state index contributed by atoms with van der Waals surface area (Å²) in [7, 11) is 0. The summed E-state index contributed by atoms with van der Waals surface area (Å²) in [4.78, 5) is 21.7. The SMILES string of the molecule is O=C(NCCSc1c(Cl)ccc2c1CCCCN2)C1CC1.O=C(O)C(F)(F)F. The number of fused-ring (bicyclic) bond motifs is 1. The maximum Gasteiger partial charge on any atom is 0.490 e. The van der Waals surface area contributed by atoms with Crippen LogP contribution in [0.25, 0.3) is 0 Å². The van der Waals surface area contributed by atoms with E-state index in [1.165, 1.54) is 29.0 Å². The van der Waals surface area contributed by atoms with Crippen LogP contribution in [-0.4, -0.2) is 42.0 Å². The van der Waals surface area contributed by atoms with Crippen molar-refractivity contribution in [1.82, 2.24) is 5.32 Å². The van der Waals surface area contributed by atoms with Gasteiger partial charge in [-0.15, -0.1) is 11.8 Å². The summed E-state index contributed by atoms with van der Waals surface area (Å²) in [5.41, 5.74) is 2.57. The van der Waals surface area contributed by atoms with Gasteiger partial charge in [-0.1, -0.05) is 11.6 Å². The number of hydrogen-bond donors (Lipinski definition) is 3. The standard InChI is InChI=1S/C16H21ClN2OS.C2HF3O2/c17-13-6-7-14-12(3-1-2-8-18-14)15(13)21-10-9-19-16(20)11-4-5-11;3-2(4,5)1(6)7/h6-7,11,18H,1-5,8-10H2,(H,19,20);(H,6,7). The predicted molar refractivity (Wildman–Crippen MR) is 103 cm³/mol. The van der Waals surface area contributed by atoms with E-state index in [9.17, 15) is 18.0 Å². The van der Waals surface area contributed by atoms with Gasteiger partial charge >= 0.3 is 12.1 Å². The number of halogens is 4. The van der Waals surface area contributed by atoms with Crippen LogP contribution in [0.2, 0.25) is 5.02 Å². The van der Waals surface area contributed by atoms with Crippen LogP contribution >= 0.6 is 23.4 Å². The molecule has 0 aromatic heterocycles. The number of amides is 1. The highest BCUT2D eigenvalue weighted by atomic mass is 35.5. The zero-order valence-corrected chi connectivity index (χ0v) is 16.6. The number of aliphatic carboxylic acids is 1. The summed E-state index contributed by atoms with van der Waals surface area (Å²) in [5.74, 6) is -1.38. The highest BCUT2D eigenvalue weighted by Crippen LogP contribution is 2.37. The molecule has 1 aromatic rings. The average molecular weight is 439 g/mol. The van der Waals surface area contributed by atoms with Crippen LogP contribution in [0.3, 0.4) is 0 Å². The largest absolute Gasteiger partial charge is 0.490 e. The van der Waals surface area contributed by atoms with Crippen molar-refractivity contribution in [3.63, 3.8) is 0 Å². The normalized spacial score (nSPS) is 16.0.